The first kappa shape index (κ1) is 29.6. The van der Waals surface area contributed by atoms with Crippen molar-refractivity contribution in [1.82, 2.24) is 15.2 Å². The van der Waals surface area contributed by atoms with Crippen molar-refractivity contribution < 1.29 is 17.9 Å². The van der Waals surface area contributed by atoms with Gasteiger partial charge in [-0.2, -0.15) is 0 Å². The smallest absolute Gasteiger partial charge is 0.265 e. The van der Waals surface area contributed by atoms with E-state index in [2.05, 4.69) is 40.8 Å². The summed E-state index contributed by atoms with van der Waals surface area (Å²) in [7, 11) is -4.08. The summed E-state index contributed by atoms with van der Waals surface area (Å²) in [4.78, 5) is 22.4. The minimum absolute atomic E-state index is 0.0416. The van der Waals surface area contributed by atoms with Crippen LogP contribution in [0.5, 0.6) is 11.5 Å². The maximum atomic E-state index is 13.5. The zero-order valence-corrected chi connectivity index (χ0v) is 25.6. The van der Waals surface area contributed by atoms with E-state index < -0.39 is 15.9 Å². The Labute approximate surface area is 254 Å². The molecule has 218 valence electrons. The van der Waals surface area contributed by atoms with E-state index in [4.69, 9.17) is 4.74 Å². The molecule has 0 radical (unpaired) electrons. The van der Waals surface area contributed by atoms with Crippen molar-refractivity contribution in [1.29, 1.82) is 0 Å². The van der Waals surface area contributed by atoms with Gasteiger partial charge in [-0.25, -0.2) is 13.4 Å². The van der Waals surface area contributed by atoms with Crippen molar-refractivity contribution in [2.75, 3.05) is 48.9 Å². The van der Waals surface area contributed by atoms with Crippen molar-refractivity contribution in [3.8, 4) is 11.5 Å². The summed E-state index contributed by atoms with van der Waals surface area (Å²) in [6.45, 7) is 6.46. The van der Waals surface area contributed by atoms with E-state index in [-0.39, 0.29) is 16.2 Å². The number of anilines is 2. The third-order valence-corrected chi connectivity index (χ3v) is 8.79. The van der Waals surface area contributed by atoms with Gasteiger partial charge in [-0.1, -0.05) is 46.3 Å². The number of para-hydroxylation sites is 2. The van der Waals surface area contributed by atoms with Gasteiger partial charge < -0.3 is 15.0 Å². The van der Waals surface area contributed by atoms with Gasteiger partial charge in [-0.15, -0.1) is 0 Å². The number of hydrogen-bond donors (Lipinski definition) is 2. The van der Waals surface area contributed by atoms with Gasteiger partial charge >= 0.3 is 0 Å². The van der Waals surface area contributed by atoms with Gasteiger partial charge in [0.15, 0.2) is 5.75 Å². The third kappa shape index (κ3) is 7.47. The second kappa shape index (κ2) is 13.4. The average Bonchev–Trinajstić information content (AvgIpc) is 2.99. The van der Waals surface area contributed by atoms with E-state index >= 15 is 0 Å². The lowest BCUT2D eigenvalue weighted by molar-refractivity contribution is 0.0945. The summed E-state index contributed by atoms with van der Waals surface area (Å²) in [5, 5.41) is 2.95. The monoisotopic (exact) mass is 649 g/mol. The molecule has 1 amide bonds. The number of amides is 1. The molecular formula is C31H32BrN5O4S. The summed E-state index contributed by atoms with van der Waals surface area (Å²) >= 11 is 3.40. The molecule has 1 aliphatic heterocycles. The summed E-state index contributed by atoms with van der Waals surface area (Å²) in [6, 6.07) is 26.1. The largest absolute Gasteiger partial charge is 0.455 e. The predicted octanol–water partition coefficient (Wildman–Crippen LogP) is 5.30. The fraction of sp³-hybridized carbons (Fsp3) is 0.226. The summed E-state index contributed by atoms with van der Waals surface area (Å²) in [6.07, 6.45) is 0. The lowest BCUT2D eigenvalue weighted by Gasteiger charge is -2.35. The number of nitrogens with zero attached hydrogens (tertiary/aromatic N) is 3. The van der Waals surface area contributed by atoms with E-state index in [1.54, 1.807) is 66.7 Å². The molecule has 4 aromatic rings. The molecule has 9 nitrogen and oxygen atoms in total. The molecule has 0 saturated carbocycles. The van der Waals surface area contributed by atoms with Gasteiger partial charge in [0, 0.05) is 55.1 Å². The van der Waals surface area contributed by atoms with Crippen LogP contribution in [0.4, 0.5) is 11.5 Å². The van der Waals surface area contributed by atoms with Crippen molar-refractivity contribution in [3.63, 3.8) is 0 Å². The molecule has 5 rings (SSSR count). The van der Waals surface area contributed by atoms with E-state index in [0.29, 0.717) is 24.5 Å². The number of halogens is 1. The Hall–Kier alpha value is -3.93. The van der Waals surface area contributed by atoms with Gasteiger partial charge in [-0.3, -0.25) is 14.4 Å². The molecule has 1 saturated heterocycles. The standard InChI is InChI=1S/C31H32BrN5O4S/c1-23-7-5-12-29(34-23)37-21-19-36(20-22-37)18-17-33-31(38)27-10-6-11-28(30(27)41-26-15-13-24(32)14-16-26)42(39,40)35-25-8-3-2-4-9-25/h2-16,35H,17-22H2,1H3,(H,33,38). The normalized spacial score (nSPS) is 13.9. The van der Waals surface area contributed by atoms with Crippen LogP contribution in [0.25, 0.3) is 0 Å². The van der Waals surface area contributed by atoms with Crippen LogP contribution in [0, 0.1) is 6.92 Å². The topological polar surface area (TPSA) is 104 Å². The molecule has 11 heteroatoms. The Bertz CT molecular complexity index is 1630. The van der Waals surface area contributed by atoms with Crippen LogP contribution in [0.3, 0.4) is 0 Å². The fourth-order valence-electron chi connectivity index (χ4n) is 4.68. The Balaban J connectivity index is 1.29. The van der Waals surface area contributed by atoms with Crippen molar-refractivity contribution in [2.45, 2.75) is 11.8 Å². The zero-order valence-electron chi connectivity index (χ0n) is 23.2. The third-order valence-electron chi connectivity index (χ3n) is 6.86. The Morgan fingerprint density at radius 3 is 2.33 bits per heavy atom. The lowest BCUT2D eigenvalue weighted by atomic mass is 10.2. The highest BCUT2D eigenvalue weighted by molar-refractivity contribution is 9.10. The molecule has 42 heavy (non-hydrogen) atoms. The molecule has 0 atom stereocenters. The van der Waals surface area contributed by atoms with Crippen LogP contribution in [0.15, 0.2) is 100 Å². The minimum atomic E-state index is -4.08. The summed E-state index contributed by atoms with van der Waals surface area (Å²) < 4.78 is 36.4. The number of aromatic nitrogens is 1. The molecule has 2 heterocycles. The maximum Gasteiger partial charge on any atom is 0.265 e. The number of rotatable bonds is 10. The van der Waals surface area contributed by atoms with Crippen LogP contribution in [0.1, 0.15) is 16.1 Å². The Kier molecular flexibility index (Phi) is 9.41. The number of hydrogen-bond acceptors (Lipinski definition) is 7. The number of carbonyl (C=O) groups excluding carboxylic acids is 1. The number of aryl methyl sites for hydroxylation is 1. The van der Waals surface area contributed by atoms with Crippen molar-refractivity contribution in [3.05, 3.63) is 107 Å². The fourth-order valence-corrected chi connectivity index (χ4v) is 6.15. The number of carbonyl (C=O) groups is 1. The first-order chi connectivity index (χ1) is 20.3. The van der Waals surface area contributed by atoms with Crippen molar-refractivity contribution in [2.24, 2.45) is 0 Å². The van der Waals surface area contributed by atoms with Gasteiger partial charge in [0.2, 0.25) is 0 Å². The van der Waals surface area contributed by atoms with Crippen LogP contribution in [0.2, 0.25) is 0 Å². The highest BCUT2D eigenvalue weighted by atomic mass is 79.9. The number of nitrogens with one attached hydrogen (secondary N) is 2. The first-order valence-electron chi connectivity index (χ1n) is 13.6. The molecule has 1 aromatic heterocycles. The molecule has 1 aliphatic rings. The second-order valence-corrected chi connectivity index (χ2v) is 12.4. The van der Waals surface area contributed by atoms with Gasteiger partial charge in [-0.05, 0) is 67.6 Å². The van der Waals surface area contributed by atoms with Crippen molar-refractivity contribution >= 4 is 43.4 Å². The number of piperazine rings is 1. The highest BCUT2D eigenvalue weighted by Crippen LogP contribution is 2.34. The van der Waals surface area contributed by atoms with E-state index in [1.165, 1.54) is 6.07 Å². The van der Waals surface area contributed by atoms with Gasteiger partial charge in [0.1, 0.15) is 16.5 Å². The van der Waals surface area contributed by atoms with Crippen LogP contribution < -0.4 is 19.7 Å². The highest BCUT2D eigenvalue weighted by Gasteiger charge is 2.26. The number of sulfonamides is 1. The molecular weight excluding hydrogens is 618 g/mol. The molecule has 0 bridgehead atoms. The number of ether oxygens (including phenoxy) is 1. The minimum Gasteiger partial charge on any atom is -0.455 e. The molecule has 0 unspecified atom stereocenters. The molecule has 2 N–H and O–H groups in total. The summed E-state index contributed by atoms with van der Waals surface area (Å²) in [5.74, 6) is 0.926. The lowest BCUT2D eigenvalue weighted by Crippen LogP contribution is -2.48. The molecule has 1 fully saturated rings. The van der Waals surface area contributed by atoms with Crippen LogP contribution in [-0.4, -0.2) is 63.5 Å². The predicted molar refractivity (Wildman–Crippen MR) is 168 cm³/mol. The first-order valence-corrected chi connectivity index (χ1v) is 15.9. The second-order valence-electron chi connectivity index (χ2n) is 9.88. The van der Waals surface area contributed by atoms with E-state index in [9.17, 15) is 13.2 Å². The SMILES string of the molecule is Cc1cccc(N2CCN(CCNC(=O)c3cccc(S(=O)(=O)Nc4ccccc4)c3Oc3ccc(Br)cc3)CC2)n1. The van der Waals surface area contributed by atoms with E-state index in [0.717, 1.165) is 42.2 Å². The van der Waals surface area contributed by atoms with Gasteiger partial charge in [0.05, 0.1) is 5.56 Å². The average molecular weight is 651 g/mol. The number of pyridine rings is 1. The molecule has 3 aromatic carbocycles. The zero-order chi connectivity index (χ0) is 29.5. The maximum absolute atomic E-state index is 13.5. The Morgan fingerprint density at radius 2 is 1.62 bits per heavy atom. The quantitative estimate of drug-likeness (QED) is 0.240. The van der Waals surface area contributed by atoms with Gasteiger partial charge in [0.25, 0.3) is 15.9 Å². The number of benzene rings is 3. The molecule has 0 spiro atoms. The van der Waals surface area contributed by atoms with Crippen LogP contribution in [-0.2, 0) is 10.0 Å². The summed E-state index contributed by atoms with van der Waals surface area (Å²) in [5.41, 5.74) is 1.53. The van der Waals surface area contributed by atoms with E-state index in [1.807, 2.05) is 25.1 Å². The van der Waals surface area contributed by atoms with Crippen LogP contribution >= 0.6 is 15.9 Å². The molecule has 0 aliphatic carbocycles. The Morgan fingerprint density at radius 1 is 0.905 bits per heavy atom.